The number of amides is 3. The van der Waals surface area contributed by atoms with Crippen molar-refractivity contribution in [3.05, 3.63) is 52.7 Å². The second-order valence-electron chi connectivity index (χ2n) is 9.63. The van der Waals surface area contributed by atoms with E-state index < -0.39 is 17.4 Å². The molecule has 0 spiro atoms. The third-order valence-corrected chi connectivity index (χ3v) is 6.17. The van der Waals surface area contributed by atoms with E-state index >= 15 is 0 Å². The van der Waals surface area contributed by atoms with Gasteiger partial charge in [-0.3, -0.25) is 9.59 Å². The molecule has 4 heterocycles. The van der Waals surface area contributed by atoms with Gasteiger partial charge in [0.15, 0.2) is 0 Å². The number of likely N-dealkylation sites (tertiary alicyclic amines) is 1. The van der Waals surface area contributed by atoms with Gasteiger partial charge in [-0.1, -0.05) is 23.7 Å². The summed E-state index contributed by atoms with van der Waals surface area (Å²) in [5, 5.41) is 13.0. The lowest BCUT2D eigenvalue weighted by Gasteiger charge is -2.32. The highest BCUT2D eigenvalue weighted by molar-refractivity contribution is 6.35. The summed E-state index contributed by atoms with van der Waals surface area (Å²) >= 11 is 6.15. The smallest absolute Gasteiger partial charge is 0.410 e. The second kappa shape index (κ2) is 8.98. The number of benzene rings is 1. The maximum atomic E-state index is 13.0. The zero-order chi connectivity index (χ0) is 25.6. The van der Waals surface area contributed by atoms with Crippen molar-refractivity contribution in [2.45, 2.75) is 45.3 Å². The molecule has 0 N–H and O–H groups in total. The largest absolute Gasteiger partial charge is 0.444 e. The van der Waals surface area contributed by atoms with Crippen LogP contribution in [0.5, 0.6) is 0 Å². The highest BCUT2D eigenvalue weighted by Gasteiger charge is 2.38. The van der Waals surface area contributed by atoms with E-state index in [1.54, 1.807) is 35.2 Å². The molecule has 1 saturated heterocycles. The Balaban J connectivity index is 1.37. The van der Waals surface area contributed by atoms with E-state index in [9.17, 15) is 14.4 Å². The molecular weight excluding hydrogens is 486 g/mol. The lowest BCUT2D eigenvalue weighted by atomic mass is 10.1. The Morgan fingerprint density at radius 1 is 1.03 bits per heavy atom. The summed E-state index contributed by atoms with van der Waals surface area (Å²) in [5.41, 5.74) is 0.477. The molecular formula is C24H24ClN7O4. The number of hydrogen-bond acceptors (Lipinski definition) is 8. The van der Waals surface area contributed by atoms with Crippen molar-refractivity contribution >= 4 is 35.2 Å². The van der Waals surface area contributed by atoms with Gasteiger partial charge >= 0.3 is 6.09 Å². The van der Waals surface area contributed by atoms with Gasteiger partial charge in [-0.2, -0.15) is 4.80 Å². The number of imide groups is 1. The minimum Gasteiger partial charge on any atom is -0.444 e. The van der Waals surface area contributed by atoms with Crippen LogP contribution in [0.25, 0.3) is 11.5 Å². The average Bonchev–Trinajstić information content (AvgIpc) is 3.42. The fraction of sp³-hybridized carbons (Fsp3) is 0.375. The van der Waals surface area contributed by atoms with E-state index in [1.807, 2.05) is 20.8 Å². The van der Waals surface area contributed by atoms with Crippen LogP contribution in [0.15, 0.2) is 36.4 Å². The topological polar surface area (TPSA) is 123 Å². The van der Waals surface area contributed by atoms with E-state index in [4.69, 9.17) is 16.3 Å². The molecule has 12 heteroatoms. The molecule has 5 rings (SSSR count). The number of rotatable bonds is 3. The van der Waals surface area contributed by atoms with Crippen LogP contribution in [0, 0.1) is 0 Å². The van der Waals surface area contributed by atoms with Gasteiger partial charge in [-0.05, 0) is 63.1 Å². The first-order valence-corrected chi connectivity index (χ1v) is 11.9. The zero-order valence-corrected chi connectivity index (χ0v) is 20.8. The summed E-state index contributed by atoms with van der Waals surface area (Å²) in [4.78, 5) is 47.0. The summed E-state index contributed by atoms with van der Waals surface area (Å²) < 4.78 is 5.45. The molecule has 3 amide bonds. The quantitative estimate of drug-likeness (QED) is 0.386. The Hall–Kier alpha value is -3.86. The first-order chi connectivity index (χ1) is 17.1. The highest BCUT2D eigenvalue weighted by atomic mass is 35.5. The molecule has 0 unspecified atom stereocenters. The fourth-order valence-electron chi connectivity index (χ4n) is 4.26. The molecule has 0 bridgehead atoms. The molecule has 0 radical (unpaired) electrons. The minimum absolute atomic E-state index is 0.0909. The van der Waals surface area contributed by atoms with Crippen LogP contribution >= 0.6 is 11.6 Å². The van der Waals surface area contributed by atoms with Crippen molar-refractivity contribution in [1.82, 2.24) is 30.1 Å². The lowest BCUT2D eigenvalue weighted by molar-refractivity contribution is 0.0179. The minimum atomic E-state index is -0.558. The number of hydrogen-bond donors (Lipinski definition) is 0. The van der Waals surface area contributed by atoms with Crippen LogP contribution in [-0.2, 0) is 4.74 Å². The van der Waals surface area contributed by atoms with E-state index in [0.29, 0.717) is 37.1 Å². The van der Waals surface area contributed by atoms with Gasteiger partial charge in [0.25, 0.3) is 11.8 Å². The predicted octanol–water partition coefficient (Wildman–Crippen LogP) is 3.76. The molecule has 1 aromatic carbocycles. The molecule has 186 valence electrons. The van der Waals surface area contributed by atoms with E-state index in [-0.39, 0.29) is 34.5 Å². The van der Waals surface area contributed by atoms with Crippen LogP contribution in [0.4, 0.5) is 10.5 Å². The molecule has 36 heavy (non-hydrogen) atoms. The SMILES string of the molecule is CC(C)(C)OC(=O)N1CCC(n2nnc(-c3nc(Cl)ccc3N3C(=O)c4ccccc4C3=O)n2)CC1. The number of fused-ring (bicyclic) bond motifs is 1. The normalized spacial score (nSPS) is 16.4. The molecule has 2 aliphatic heterocycles. The number of tetrazole rings is 1. The molecule has 0 aliphatic carbocycles. The number of anilines is 1. The molecule has 1 fully saturated rings. The summed E-state index contributed by atoms with van der Waals surface area (Å²) in [6.07, 6.45) is 0.883. The van der Waals surface area contributed by atoms with Gasteiger partial charge in [0.1, 0.15) is 16.4 Å². The number of halogens is 1. The first-order valence-electron chi connectivity index (χ1n) is 11.5. The number of ether oxygens (including phenoxy) is 1. The Kier molecular flexibility index (Phi) is 5.95. The zero-order valence-electron chi connectivity index (χ0n) is 20.0. The van der Waals surface area contributed by atoms with Gasteiger partial charge in [-0.15, -0.1) is 10.2 Å². The fourth-order valence-corrected chi connectivity index (χ4v) is 4.41. The van der Waals surface area contributed by atoms with Crippen molar-refractivity contribution < 1.29 is 19.1 Å². The van der Waals surface area contributed by atoms with Gasteiger partial charge in [-0.25, -0.2) is 14.7 Å². The monoisotopic (exact) mass is 509 g/mol. The Morgan fingerprint density at radius 3 is 2.28 bits per heavy atom. The van der Waals surface area contributed by atoms with E-state index in [0.717, 1.165) is 4.90 Å². The van der Waals surface area contributed by atoms with E-state index in [1.165, 1.54) is 10.9 Å². The lowest BCUT2D eigenvalue weighted by Crippen LogP contribution is -2.42. The third-order valence-electron chi connectivity index (χ3n) is 5.96. The molecule has 0 saturated carbocycles. The van der Waals surface area contributed by atoms with Crippen LogP contribution in [0.1, 0.15) is 60.4 Å². The van der Waals surface area contributed by atoms with Crippen LogP contribution in [-0.4, -0.2) is 66.7 Å². The van der Waals surface area contributed by atoms with Crippen molar-refractivity contribution in [3.8, 4) is 11.5 Å². The maximum Gasteiger partial charge on any atom is 0.410 e. The van der Waals surface area contributed by atoms with Gasteiger partial charge in [0, 0.05) is 13.1 Å². The molecule has 3 aromatic rings. The number of nitrogens with zero attached hydrogens (tertiary/aromatic N) is 7. The summed E-state index contributed by atoms with van der Waals surface area (Å²) in [6.45, 7) is 6.48. The Morgan fingerprint density at radius 2 is 1.67 bits per heavy atom. The van der Waals surface area contributed by atoms with E-state index in [2.05, 4.69) is 20.4 Å². The Labute approximate surface area is 212 Å². The summed E-state index contributed by atoms with van der Waals surface area (Å²) in [7, 11) is 0. The van der Waals surface area contributed by atoms with Crippen molar-refractivity contribution in [3.63, 3.8) is 0 Å². The Bertz CT molecular complexity index is 1320. The van der Waals surface area contributed by atoms with Gasteiger partial charge in [0.2, 0.25) is 5.82 Å². The first kappa shape index (κ1) is 23.9. The van der Waals surface area contributed by atoms with Crippen LogP contribution < -0.4 is 4.90 Å². The molecule has 11 nitrogen and oxygen atoms in total. The highest BCUT2D eigenvalue weighted by Crippen LogP contribution is 2.35. The number of carbonyl (C=O) groups excluding carboxylic acids is 3. The number of carbonyl (C=O) groups is 3. The van der Waals surface area contributed by atoms with Gasteiger partial charge < -0.3 is 9.64 Å². The second-order valence-corrected chi connectivity index (χ2v) is 10.0. The number of aromatic nitrogens is 5. The molecule has 2 aromatic heterocycles. The van der Waals surface area contributed by atoms with Crippen LogP contribution in [0.2, 0.25) is 5.15 Å². The van der Waals surface area contributed by atoms with Crippen molar-refractivity contribution in [1.29, 1.82) is 0 Å². The van der Waals surface area contributed by atoms with Crippen LogP contribution in [0.3, 0.4) is 0 Å². The summed E-state index contributed by atoms with van der Waals surface area (Å²) in [6, 6.07) is 9.58. The maximum absolute atomic E-state index is 13.0. The van der Waals surface area contributed by atoms with Crippen molar-refractivity contribution in [2.75, 3.05) is 18.0 Å². The molecule has 0 atom stereocenters. The summed E-state index contributed by atoms with van der Waals surface area (Å²) in [5.74, 6) is -0.774. The number of piperidine rings is 1. The third kappa shape index (κ3) is 4.41. The molecule has 2 aliphatic rings. The standard InChI is InChI=1S/C24H24ClN7O4/c1-24(2,3)36-23(35)30-12-10-14(11-13-30)32-28-20(27-29-32)19-17(8-9-18(25)26-19)31-21(33)15-6-4-5-7-16(15)22(31)34/h4-9,14H,10-13H2,1-3H3. The van der Waals surface area contributed by atoms with Gasteiger partial charge in [0.05, 0.1) is 22.9 Å². The number of pyridine rings is 1. The van der Waals surface area contributed by atoms with Crippen molar-refractivity contribution in [2.24, 2.45) is 0 Å². The predicted molar refractivity (Wildman–Crippen MR) is 130 cm³/mol. The average molecular weight is 510 g/mol.